The van der Waals surface area contributed by atoms with E-state index in [0.29, 0.717) is 11.3 Å². The minimum absolute atomic E-state index is 0.161. The molecule has 2 atom stereocenters. The Morgan fingerprint density at radius 2 is 1.81 bits per heavy atom. The highest BCUT2D eigenvalue weighted by atomic mass is 16.5. The molecule has 0 saturated carbocycles. The van der Waals surface area contributed by atoms with Gasteiger partial charge in [0.25, 0.3) is 0 Å². The summed E-state index contributed by atoms with van der Waals surface area (Å²) in [7, 11) is 1.33. The number of carbonyl (C=O) groups excluding carboxylic acids is 2. The first-order valence-electron chi connectivity index (χ1n) is 7.31. The van der Waals surface area contributed by atoms with Crippen molar-refractivity contribution in [2.75, 3.05) is 12.4 Å². The van der Waals surface area contributed by atoms with Crippen molar-refractivity contribution in [2.24, 2.45) is 0 Å². The molecule has 0 spiro atoms. The number of piperidine rings is 1. The molecule has 1 aromatic carbocycles. The summed E-state index contributed by atoms with van der Waals surface area (Å²) in [6, 6.07) is 7.14. The number of nitrogens with one attached hydrogen (secondary N) is 1. The molecule has 5 heteroatoms. The molecule has 114 valence electrons. The maximum absolute atomic E-state index is 12.5. The van der Waals surface area contributed by atoms with E-state index in [9.17, 15) is 9.59 Å². The number of amides is 2. The first kappa shape index (κ1) is 15.4. The Morgan fingerprint density at radius 3 is 2.43 bits per heavy atom. The van der Waals surface area contributed by atoms with Crippen molar-refractivity contribution < 1.29 is 14.3 Å². The van der Waals surface area contributed by atoms with Crippen LogP contribution in [0.4, 0.5) is 10.5 Å². The van der Waals surface area contributed by atoms with Crippen molar-refractivity contribution in [3.8, 4) is 0 Å². The predicted octanol–water partition coefficient (Wildman–Crippen LogP) is 3.27. The second-order valence-corrected chi connectivity index (χ2v) is 5.50. The third-order valence-corrected chi connectivity index (χ3v) is 4.00. The largest absolute Gasteiger partial charge is 0.465 e. The summed E-state index contributed by atoms with van der Waals surface area (Å²) in [5.74, 6) is -0.453. The first-order chi connectivity index (χ1) is 10.0. The molecule has 0 radical (unpaired) electrons. The normalized spacial score (nSPS) is 21.8. The average molecular weight is 290 g/mol. The molecule has 1 fully saturated rings. The molecular formula is C16H22N2O3. The maximum Gasteiger partial charge on any atom is 0.339 e. The number of benzene rings is 1. The Hall–Kier alpha value is -2.04. The van der Waals surface area contributed by atoms with E-state index in [4.69, 9.17) is 4.74 Å². The van der Waals surface area contributed by atoms with Crippen LogP contribution in [0.1, 0.15) is 43.5 Å². The topological polar surface area (TPSA) is 58.6 Å². The van der Waals surface area contributed by atoms with Crippen molar-refractivity contribution in [2.45, 2.75) is 45.2 Å². The Morgan fingerprint density at radius 1 is 1.19 bits per heavy atom. The number of carbonyl (C=O) groups is 2. The Bertz CT molecular complexity index is 520. The van der Waals surface area contributed by atoms with E-state index < -0.39 is 5.97 Å². The minimum Gasteiger partial charge on any atom is -0.465 e. The number of methoxy groups -OCH3 is 1. The van der Waals surface area contributed by atoms with Crippen molar-refractivity contribution in [1.82, 2.24) is 4.90 Å². The van der Waals surface area contributed by atoms with Gasteiger partial charge in [-0.3, -0.25) is 0 Å². The first-order valence-corrected chi connectivity index (χ1v) is 7.31. The second kappa shape index (κ2) is 6.61. The zero-order chi connectivity index (χ0) is 15.4. The van der Waals surface area contributed by atoms with Gasteiger partial charge in [-0.05, 0) is 45.2 Å². The van der Waals surface area contributed by atoms with E-state index in [1.807, 2.05) is 4.90 Å². The van der Waals surface area contributed by atoms with Crippen LogP contribution in [0.2, 0.25) is 0 Å². The molecule has 1 saturated heterocycles. The molecule has 1 aromatic rings. The number of para-hydroxylation sites is 1. The number of esters is 1. The highest BCUT2D eigenvalue weighted by Gasteiger charge is 2.29. The lowest BCUT2D eigenvalue weighted by Gasteiger charge is -2.39. The molecule has 0 bridgehead atoms. The number of hydrogen-bond donors (Lipinski definition) is 1. The van der Waals surface area contributed by atoms with Crippen LogP contribution in [0, 0.1) is 0 Å². The Balaban J connectivity index is 2.18. The minimum atomic E-state index is -0.453. The van der Waals surface area contributed by atoms with Gasteiger partial charge in [0.05, 0.1) is 18.4 Å². The monoisotopic (exact) mass is 290 g/mol. The third-order valence-electron chi connectivity index (χ3n) is 4.00. The number of anilines is 1. The number of likely N-dealkylation sites (tertiary alicyclic amines) is 1. The molecule has 0 aromatic heterocycles. The number of nitrogens with zero attached hydrogens (tertiary/aromatic N) is 1. The van der Waals surface area contributed by atoms with Crippen LogP contribution >= 0.6 is 0 Å². The van der Waals surface area contributed by atoms with Gasteiger partial charge in [-0.2, -0.15) is 0 Å². The standard InChI is InChI=1S/C16H22N2O3/c1-11-7-6-8-12(2)18(11)16(20)17-14-10-5-4-9-13(14)15(19)21-3/h4-5,9-12H,6-8H2,1-3H3,(H,17,20). The highest BCUT2D eigenvalue weighted by Crippen LogP contribution is 2.24. The summed E-state index contributed by atoms with van der Waals surface area (Å²) < 4.78 is 4.74. The Kier molecular flexibility index (Phi) is 4.83. The summed E-state index contributed by atoms with van der Waals surface area (Å²) in [5, 5.41) is 2.84. The van der Waals surface area contributed by atoms with E-state index in [-0.39, 0.29) is 18.1 Å². The van der Waals surface area contributed by atoms with Gasteiger partial charge in [0.15, 0.2) is 0 Å². The quantitative estimate of drug-likeness (QED) is 0.850. The van der Waals surface area contributed by atoms with E-state index in [1.165, 1.54) is 7.11 Å². The van der Waals surface area contributed by atoms with Crippen molar-refractivity contribution in [1.29, 1.82) is 0 Å². The molecule has 2 rings (SSSR count). The summed E-state index contributed by atoms with van der Waals surface area (Å²) in [4.78, 5) is 26.1. The maximum atomic E-state index is 12.5. The van der Waals surface area contributed by atoms with Gasteiger partial charge in [0, 0.05) is 12.1 Å². The molecule has 1 heterocycles. The number of urea groups is 1. The fourth-order valence-electron chi connectivity index (χ4n) is 2.88. The molecule has 1 aliphatic rings. The molecule has 5 nitrogen and oxygen atoms in total. The zero-order valence-corrected chi connectivity index (χ0v) is 12.8. The molecule has 2 amide bonds. The second-order valence-electron chi connectivity index (χ2n) is 5.50. The molecule has 21 heavy (non-hydrogen) atoms. The lowest BCUT2D eigenvalue weighted by molar-refractivity contribution is 0.0602. The van der Waals surface area contributed by atoms with Gasteiger partial charge in [-0.25, -0.2) is 9.59 Å². The number of hydrogen-bond acceptors (Lipinski definition) is 3. The fraction of sp³-hybridized carbons (Fsp3) is 0.500. The van der Waals surface area contributed by atoms with Crippen LogP contribution in [0.3, 0.4) is 0 Å². The van der Waals surface area contributed by atoms with Crippen LogP contribution in [0.5, 0.6) is 0 Å². The van der Waals surface area contributed by atoms with Crippen molar-refractivity contribution in [3.05, 3.63) is 29.8 Å². The van der Waals surface area contributed by atoms with Crippen LogP contribution in [-0.2, 0) is 4.74 Å². The molecule has 2 unspecified atom stereocenters. The van der Waals surface area contributed by atoms with Gasteiger partial charge >= 0.3 is 12.0 Å². The smallest absolute Gasteiger partial charge is 0.339 e. The SMILES string of the molecule is COC(=O)c1ccccc1NC(=O)N1C(C)CCCC1C. The lowest BCUT2D eigenvalue weighted by Crippen LogP contribution is -2.49. The van der Waals surface area contributed by atoms with Gasteiger partial charge in [-0.15, -0.1) is 0 Å². The number of rotatable bonds is 2. The van der Waals surface area contributed by atoms with Gasteiger partial charge in [0.1, 0.15) is 0 Å². The highest BCUT2D eigenvalue weighted by molar-refractivity contribution is 6.00. The fourth-order valence-corrected chi connectivity index (χ4v) is 2.88. The van der Waals surface area contributed by atoms with Gasteiger partial charge < -0.3 is 15.0 Å². The lowest BCUT2D eigenvalue weighted by atomic mass is 9.98. The molecule has 1 aliphatic heterocycles. The summed E-state index contributed by atoms with van der Waals surface area (Å²) in [5.41, 5.74) is 0.852. The summed E-state index contributed by atoms with van der Waals surface area (Å²) in [6.45, 7) is 4.11. The van der Waals surface area contributed by atoms with Gasteiger partial charge in [-0.1, -0.05) is 12.1 Å². The zero-order valence-electron chi connectivity index (χ0n) is 12.8. The molecule has 0 aliphatic carbocycles. The summed E-state index contributed by atoms with van der Waals surface area (Å²) >= 11 is 0. The Labute approximate surface area is 125 Å². The molecular weight excluding hydrogens is 268 g/mol. The van der Waals surface area contributed by atoms with Gasteiger partial charge in [0.2, 0.25) is 0 Å². The van der Waals surface area contributed by atoms with E-state index in [2.05, 4.69) is 19.2 Å². The van der Waals surface area contributed by atoms with E-state index in [1.54, 1.807) is 24.3 Å². The molecule has 1 N–H and O–H groups in total. The van der Waals surface area contributed by atoms with Crippen LogP contribution < -0.4 is 5.32 Å². The number of ether oxygens (including phenoxy) is 1. The summed E-state index contributed by atoms with van der Waals surface area (Å²) in [6.07, 6.45) is 3.16. The van der Waals surface area contributed by atoms with Crippen LogP contribution in [-0.4, -0.2) is 36.1 Å². The van der Waals surface area contributed by atoms with Crippen molar-refractivity contribution in [3.63, 3.8) is 0 Å². The van der Waals surface area contributed by atoms with Crippen molar-refractivity contribution >= 4 is 17.7 Å². The third kappa shape index (κ3) is 3.35. The average Bonchev–Trinajstić information content (AvgIpc) is 2.47. The van der Waals surface area contributed by atoms with E-state index in [0.717, 1.165) is 19.3 Å². The predicted molar refractivity (Wildman–Crippen MR) is 81.4 cm³/mol. The van der Waals surface area contributed by atoms with E-state index >= 15 is 0 Å². The van der Waals surface area contributed by atoms with Crippen LogP contribution in [0.15, 0.2) is 24.3 Å². The van der Waals surface area contributed by atoms with Crippen LogP contribution in [0.25, 0.3) is 0 Å².